The molecule has 7 nitrogen and oxygen atoms in total. The first-order valence-corrected chi connectivity index (χ1v) is 8.48. The summed E-state index contributed by atoms with van der Waals surface area (Å²) in [5.41, 5.74) is -1.86. The number of hydrogen-bond donors (Lipinski definition) is 1. The van der Waals surface area contributed by atoms with Gasteiger partial charge in [0.05, 0.1) is 23.1 Å². The number of rotatable bonds is 4. The van der Waals surface area contributed by atoms with Crippen molar-refractivity contribution in [3.63, 3.8) is 0 Å². The molecule has 1 N–H and O–H groups in total. The minimum atomic E-state index is -4.84. The summed E-state index contributed by atoms with van der Waals surface area (Å²) < 4.78 is 69.3. The van der Waals surface area contributed by atoms with E-state index in [1.54, 1.807) is 0 Å². The van der Waals surface area contributed by atoms with Gasteiger partial charge in [-0.05, 0) is 31.0 Å². The van der Waals surface area contributed by atoms with E-state index in [4.69, 9.17) is 5.11 Å². The largest absolute Gasteiger partial charge is 0.480 e. The van der Waals surface area contributed by atoms with E-state index in [0.717, 1.165) is 7.11 Å². The fourth-order valence-corrected chi connectivity index (χ4v) is 4.45. The van der Waals surface area contributed by atoms with Crippen LogP contribution in [0.4, 0.5) is 13.2 Å². The van der Waals surface area contributed by atoms with E-state index < -0.39 is 50.2 Å². The number of methoxy groups -OCH3 is 1. The Balaban J connectivity index is 2.65. The number of carbonyl (C=O) groups is 2. The number of benzene rings is 1. The highest BCUT2D eigenvalue weighted by Gasteiger charge is 2.42. The topological polar surface area (TPSA) is 101 Å². The maximum Gasteiger partial charge on any atom is 0.416 e. The number of carbonyl (C=O) groups excluding carboxylic acids is 1. The molecule has 0 bridgehead atoms. The number of sulfonamides is 1. The molecule has 1 aliphatic heterocycles. The molecule has 0 aliphatic carbocycles. The summed E-state index contributed by atoms with van der Waals surface area (Å²) in [6, 6.07) is 0.181. The summed E-state index contributed by atoms with van der Waals surface area (Å²) in [7, 11) is -3.70. The SMILES string of the molecule is COC(=O)c1ccc(C(F)(F)F)cc1S(=O)(=O)N1CCC[C@@H]1C(=O)O. The molecule has 1 aromatic rings. The van der Waals surface area contributed by atoms with Crippen LogP contribution in [-0.2, 0) is 25.7 Å². The second-order valence-corrected chi connectivity index (χ2v) is 7.17. The van der Waals surface area contributed by atoms with Crippen LogP contribution in [0.1, 0.15) is 28.8 Å². The molecule has 1 saturated heterocycles. The molecule has 1 atom stereocenters. The van der Waals surface area contributed by atoms with Crippen molar-refractivity contribution >= 4 is 22.0 Å². The highest BCUT2D eigenvalue weighted by Crippen LogP contribution is 2.34. The molecule has 0 aromatic heterocycles. The summed E-state index contributed by atoms with van der Waals surface area (Å²) in [5, 5.41) is 9.12. The molecule has 11 heteroatoms. The minimum Gasteiger partial charge on any atom is -0.480 e. The van der Waals surface area contributed by atoms with Gasteiger partial charge in [0.1, 0.15) is 6.04 Å². The molecule has 0 unspecified atom stereocenters. The third kappa shape index (κ3) is 3.61. The van der Waals surface area contributed by atoms with Crippen molar-refractivity contribution < 1.29 is 41.0 Å². The van der Waals surface area contributed by atoms with Gasteiger partial charge in [-0.1, -0.05) is 0 Å². The third-order valence-electron chi connectivity index (χ3n) is 3.79. The maximum atomic E-state index is 12.9. The van der Waals surface area contributed by atoms with Gasteiger partial charge in [-0.15, -0.1) is 0 Å². The molecule has 0 amide bonds. The van der Waals surface area contributed by atoms with Gasteiger partial charge in [-0.2, -0.15) is 17.5 Å². The molecule has 0 radical (unpaired) electrons. The van der Waals surface area contributed by atoms with E-state index in [9.17, 15) is 31.2 Å². The van der Waals surface area contributed by atoms with E-state index in [-0.39, 0.29) is 19.4 Å². The number of ether oxygens (including phenoxy) is 1. The Labute approximate surface area is 141 Å². The summed E-state index contributed by atoms with van der Waals surface area (Å²) in [6.07, 6.45) is -4.57. The third-order valence-corrected chi connectivity index (χ3v) is 5.74. The highest BCUT2D eigenvalue weighted by molar-refractivity contribution is 7.89. The van der Waals surface area contributed by atoms with Crippen LogP contribution in [0.15, 0.2) is 23.1 Å². The Morgan fingerprint density at radius 1 is 1.32 bits per heavy atom. The molecule has 1 heterocycles. The molecule has 0 spiro atoms. The van der Waals surface area contributed by atoms with Crippen LogP contribution in [0.5, 0.6) is 0 Å². The predicted octanol–water partition coefficient (Wildman–Crippen LogP) is 1.73. The van der Waals surface area contributed by atoms with Gasteiger partial charge in [0.15, 0.2) is 0 Å². The van der Waals surface area contributed by atoms with Crippen LogP contribution in [0.2, 0.25) is 0 Å². The molecular weight excluding hydrogens is 367 g/mol. The van der Waals surface area contributed by atoms with Crippen molar-refractivity contribution in [1.29, 1.82) is 0 Å². The van der Waals surface area contributed by atoms with Gasteiger partial charge in [-0.25, -0.2) is 13.2 Å². The second kappa shape index (κ2) is 6.64. The van der Waals surface area contributed by atoms with Gasteiger partial charge < -0.3 is 9.84 Å². The quantitative estimate of drug-likeness (QED) is 0.797. The van der Waals surface area contributed by atoms with E-state index >= 15 is 0 Å². The van der Waals surface area contributed by atoms with Crippen molar-refractivity contribution in [2.24, 2.45) is 0 Å². The number of carboxylic acid groups (broad SMARTS) is 1. The first-order chi connectivity index (χ1) is 11.5. The summed E-state index contributed by atoms with van der Waals surface area (Å²) in [5.74, 6) is -2.55. The summed E-state index contributed by atoms with van der Waals surface area (Å²) in [4.78, 5) is 22.1. The number of aliphatic carboxylic acids is 1. The van der Waals surface area contributed by atoms with Gasteiger partial charge in [-0.3, -0.25) is 4.79 Å². The van der Waals surface area contributed by atoms with Crippen LogP contribution in [0.25, 0.3) is 0 Å². The van der Waals surface area contributed by atoms with Crippen LogP contribution in [0, 0.1) is 0 Å². The van der Waals surface area contributed by atoms with E-state index in [0.29, 0.717) is 22.5 Å². The highest BCUT2D eigenvalue weighted by atomic mass is 32.2. The summed E-state index contributed by atoms with van der Waals surface area (Å²) in [6.45, 7) is -0.170. The molecule has 25 heavy (non-hydrogen) atoms. The van der Waals surface area contributed by atoms with Gasteiger partial charge in [0, 0.05) is 6.54 Å². The maximum absolute atomic E-state index is 12.9. The van der Waals surface area contributed by atoms with Crippen molar-refractivity contribution in [3.8, 4) is 0 Å². The van der Waals surface area contributed by atoms with Gasteiger partial charge in [0.2, 0.25) is 10.0 Å². The first-order valence-electron chi connectivity index (χ1n) is 7.04. The zero-order chi connectivity index (χ0) is 19.0. The zero-order valence-corrected chi connectivity index (χ0v) is 13.7. The Kier molecular flexibility index (Phi) is 5.09. The number of nitrogens with zero attached hydrogens (tertiary/aromatic N) is 1. The molecule has 2 rings (SSSR count). The number of carboxylic acids is 1. The molecule has 138 valence electrons. The van der Waals surface area contributed by atoms with Crippen LogP contribution in [-0.4, -0.2) is 49.5 Å². The van der Waals surface area contributed by atoms with Crippen molar-refractivity contribution in [1.82, 2.24) is 4.31 Å². The summed E-state index contributed by atoms with van der Waals surface area (Å²) >= 11 is 0. The lowest BCUT2D eigenvalue weighted by atomic mass is 10.1. The second-order valence-electron chi connectivity index (χ2n) is 5.31. The van der Waals surface area contributed by atoms with Gasteiger partial charge >= 0.3 is 18.1 Å². The first kappa shape index (κ1) is 19.2. The average molecular weight is 381 g/mol. The Hall–Kier alpha value is -2.14. The van der Waals surface area contributed by atoms with Gasteiger partial charge in [0.25, 0.3) is 0 Å². The number of alkyl halides is 3. The molecular formula is C14H14F3NO6S. The van der Waals surface area contributed by atoms with E-state index in [2.05, 4.69) is 4.74 Å². The monoisotopic (exact) mass is 381 g/mol. The average Bonchev–Trinajstić information content (AvgIpc) is 3.03. The lowest BCUT2D eigenvalue weighted by molar-refractivity contribution is -0.141. The van der Waals surface area contributed by atoms with E-state index in [1.165, 1.54) is 0 Å². The normalized spacial score (nSPS) is 19.0. The fourth-order valence-electron chi connectivity index (χ4n) is 2.59. The lowest BCUT2D eigenvalue weighted by Gasteiger charge is -2.22. The number of hydrogen-bond acceptors (Lipinski definition) is 5. The zero-order valence-electron chi connectivity index (χ0n) is 12.9. The van der Waals surface area contributed by atoms with Crippen LogP contribution >= 0.6 is 0 Å². The Morgan fingerprint density at radius 3 is 2.48 bits per heavy atom. The Morgan fingerprint density at radius 2 is 1.96 bits per heavy atom. The molecule has 1 fully saturated rings. The Bertz CT molecular complexity index is 805. The lowest BCUT2D eigenvalue weighted by Crippen LogP contribution is -2.41. The van der Waals surface area contributed by atoms with Crippen molar-refractivity contribution in [3.05, 3.63) is 29.3 Å². The predicted molar refractivity (Wildman–Crippen MR) is 77.3 cm³/mol. The van der Waals surface area contributed by atoms with E-state index in [1.807, 2.05) is 0 Å². The molecule has 1 aliphatic rings. The van der Waals surface area contributed by atoms with Crippen LogP contribution in [0.3, 0.4) is 0 Å². The van der Waals surface area contributed by atoms with Crippen LogP contribution < -0.4 is 0 Å². The smallest absolute Gasteiger partial charge is 0.416 e. The van der Waals surface area contributed by atoms with Crippen molar-refractivity contribution in [2.45, 2.75) is 30.0 Å². The number of esters is 1. The minimum absolute atomic E-state index is 0.0289. The standard InChI is InChI=1S/C14H14F3NO6S/c1-24-13(21)9-5-4-8(14(15,16)17)7-11(9)25(22,23)18-6-2-3-10(18)12(19)20/h4-5,7,10H,2-3,6H2,1H3,(H,19,20)/t10-/m1/s1. The fraction of sp³-hybridized carbons (Fsp3) is 0.429. The van der Waals surface area contributed by atoms with Crippen molar-refractivity contribution in [2.75, 3.05) is 13.7 Å². The molecule has 0 saturated carbocycles. The molecule has 1 aromatic carbocycles. The number of halogens is 3.